The van der Waals surface area contributed by atoms with Gasteiger partial charge in [-0.15, -0.1) is 0 Å². The number of nitriles is 1. The lowest BCUT2D eigenvalue weighted by molar-refractivity contribution is 0.135. The van der Waals surface area contributed by atoms with Crippen molar-refractivity contribution in [1.82, 2.24) is 15.1 Å². The summed E-state index contributed by atoms with van der Waals surface area (Å²) in [6, 6.07) is 18.4. The Bertz CT molecular complexity index is 1260. The molecule has 1 aliphatic heterocycles. The van der Waals surface area contributed by atoms with Crippen molar-refractivity contribution >= 4 is 35.0 Å². The molecule has 1 aliphatic rings. The number of anilines is 1. The van der Waals surface area contributed by atoms with Crippen LogP contribution in [0.5, 0.6) is 0 Å². The van der Waals surface area contributed by atoms with Crippen molar-refractivity contribution in [2.45, 2.75) is 6.04 Å². The van der Waals surface area contributed by atoms with E-state index in [-0.39, 0.29) is 30.8 Å². The molecule has 3 aromatic rings. The first kappa shape index (κ1) is 24.0. The van der Waals surface area contributed by atoms with Gasteiger partial charge in [-0.3, -0.25) is 5.32 Å². The molecule has 1 unspecified atom stereocenters. The number of piperazine rings is 1. The van der Waals surface area contributed by atoms with Crippen LogP contribution in [-0.4, -0.2) is 41.4 Å². The Morgan fingerprint density at radius 1 is 1.06 bits per heavy atom. The third kappa shape index (κ3) is 5.86. The van der Waals surface area contributed by atoms with Gasteiger partial charge in [0.05, 0.1) is 6.04 Å². The van der Waals surface area contributed by atoms with Gasteiger partial charge in [-0.05, 0) is 42.0 Å². The zero-order chi connectivity index (χ0) is 24.8. The maximum atomic E-state index is 14.2. The van der Waals surface area contributed by atoms with Crippen molar-refractivity contribution in [1.29, 1.82) is 5.26 Å². The van der Waals surface area contributed by atoms with E-state index in [2.05, 4.69) is 15.6 Å². The lowest BCUT2D eigenvalue weighted by Crippen LogP contribution is -2.55. The third-order valence-corrected chi connectivity index (χ3v) is 5.77. The number of benzene rings is 3. The number of hydrogen-bond donors (Lipinski definition) is 2. The number of urea groups is 1. The van der Waals surface area contributed by atoms with Crippen LogP contribution < -0.4 is 10.6 Å². The maximum Gasteiger partial charge on any atom is 0.322 e. The molecule has 0 bridgehead atoms. The summed E-state index contributed by atoms with van der Waals surface area (Å²) in [4.78, 5) is 20.8. The van der Waals surface area contributed by atoms with Crippen LogP contribution in [0.15, 0.2) is 77.8 Å². The van der Waals surface area contributed by atoms with E-state index < -0.39 is 17.7 Å². The Hall–Kier alpha value is -4.16. The van der Waals surface area contributed by atoms with E-state index in [1.54, 1.807) is 40.3 Å². The average Bonchev–Trinajstić information content (AvgIpc) is 2.87. The van der Waals surface area contributed by atoms with Crippen LogP contribution in [0.3, 0.4) is 0 Å². The van der Waals surface area contributed by atoms with Gasteiger partial charge in [0.25, 0.3) is 0 Å². The van der Waals surface area contributed by atoms with Gasteiger partial charge in [0.1, 0.15) is 17.3 Å². The van der Waals surface area contributed by atoms with E-state index in [1.165, 1.54) is 0 Å². The predicted octanol–water partition coefficient (Wildman–Crippen LogP) is 5.27. The van der Waals surface area contributed by atoms with Crippen LogP contribution in [0.25, 0.3) is 0 Å². The third-order valence-electron chi connectivity index (χ3n) is 5.52. The lowest BCUT2D eigenvalue weighted by Gasteiger charge is -2.42. The summed E-state index contributed by atoms with van der Waals surface area (Å²) >= 11 is 5.93. The molecule has 4 rings (SSSR count). The molecule has 2 amide bonds. The average molecular weight is 495 g/mol. The van der Waals surface area contributed by atoms with Crippen LogP contribution in [0.4, 0.5) is 25.0 Å². The normalized spacial score (nSPS) is 15.9. The van der Waals surface area contributed by atoms with Crippen LogP contribution in [0, 0.1) is 23.1 Å². The summed E-state index contributed by atoms with van der Waals surface area (Å²) in [5.41, 5.74) is 1.24. The zero-order valence-corrected chi connectivity index (χ0v) is 19.2. The highest BCUT2D eigenvalue weighted by molar-refractivity contribution is 6.30. The summed E-state index contributed by atoms with van der Waals surface area (Å²) < 4.78 is 27.9. The molecule has 1 atom stereocenters. The molecule has 0 radical (unpaired) electrons. The molecule has 2 N–H and O–H groups in total. The van der Waals surface area contributed by atoms with Gasteiger partial charge in [0.2, 0.25) is 5.96 Å². The molecule has 1 heterocycles. The van der Waals surface area contributed by atoms with Crippen molar-refractivity contribution in [3.05, 3.63) is 95.0 Å². The van der Waals surface area contributed by atoms with Gasteiger partial charge in [0.15, 0.2) is 6.19 Å². The van der Waals surface area contributed by atoms with Gasteiger partial charge >= 0.3 is 6.03 Å². The van der Waals surface area contributed by atoms with Crippen LogP contribution >= 0.6 is 11.6 Å². The highest BCUT2D eigenvalue weighted by Gasteiger charge is 2.33. The van der Waals surface area contributed by atoms with E-state index in [0.717, 1.165) is 23.8 Å². The van der Waals surface area contributed by atoms with Crippen LogP contribution in [0.1, 0.15) is 11.6 Å². The number of halogens is 3. The fourth-order valence-corrected chi connectivity index (χ4v) is 3.95. The Kier molecular flexibility index (Phi) is 7.43. The molecule has 3 aromatic carbocycles. The molecule has 0 spiro atoms. The molecular weight excluding hydrogens is 474 g/mol. The molecule has 1 fully saturated rings. The number of aliphatic imine (C=N–C) groups is 1. The molecule has 10 heteroatoms. The smallest absolute Gasteiger partial charge is 0.322 e. The number of nitrogens with zero attached hydrogens (tertiary/aromatic N) is 4. The van der Waals surface area contributed by atoms with Crippen molar-refractivity contribution < 1.29 is 13.6 Å². The molecule has 178 valence electrons. The molecular formula is C25H21ClF2N6O. The topological polar surface area (TPSA) is 83.8 Å². The second-order valence-electron chi connectivity index (χ2n) is 7.77. The fraction of sp³-hybridized carbons (Fsp3) is 0.160. The standard InChI is InChI=1S/C25H21ClF2N6O/c26-18-6-9-20(10-7-18)31-25(35)34-13-12-33(15-23(34)17-4-2-1-3-5-17)24(30-16-29)32-22-14-19(27)8-11-21(22)28/h1-11,14,23H,12-13,15H2,(H,30,32)(H,31,35). The Labute approximate surface area is 206 Å². The Morgan fingerprint density at radius 3 is 2.51 bits per heavy atom. The summed E-state index contributed by atoms with van der Waals surface area (Å²) in [6.07, 6.45) is 1.80. The summed E-state index contributed by atoms with van der Waals surface area (Å²) in [5, 5.41) is 15.2. The van der Waals surface area contributed by atoms with Gasteiger partial charge in [-0.2, -0.15) is 5.26 Å². The van der Waals surface area contributed by atoms with E-state index in [0.29, 0.717) is 17.3 Å². The minimum atomic E-state index is -0.718. The number of carbonyl (C=O) groups excluding carboxylic acids is 1. The van der Waals surface area contributed by atoms with E-state index in [9.17, 15) is 18.8 Å². The largest absolute Gasteiger partial charge is 0.338 e. The van der Waals surface area contributed by atoms with Crippen molar-refractivity contribution in [3.63, 3.8) is 0 Å². The maximum absolute atomic E-state index is 14.2. The Morgan fingerprint density at radius 2 is 1.80 bits per heavy atom. The number of guanidine groups is 1. The fourth-order valence-electron chi connectivity index (χ4n) is 3.82. The van der Waals surface area contributed by atoms with Crippen molar-refractivity contribution in [2.24, 2.45) is 4.99 Å². The second kappa shape index (κ2) is 10.8. The van der Waals surface area contributed by atoms with Crippen molar-refractivity contribution in [2.75, 3.05) is 25.0 Å². The number of amides is 2. The molecule has 0 saturated carbocycles. The number of carbonyl (C=O) groups is 1. The summed E-state index contributed by atoms with van der Waals surface area (Å²) in [6.45, 7) is 0.862. The first-order valence-corrected chi connectivity index (χ1v) is 11.1. The number of hydrogen-bond acceptors (Lipinski definition) is 3. The van der Waals surface area contributed by atoms with E-state index in [4.69, 9.17) is 11.6 Å². The minimum absolute atomic E-state index is 0.0655. The monoisotopic (exact) mass is 494 g/mol. The van der Waals surface area contributed by atoms with Crippen LogP contribution in [0.2, 0.25) is 5.02 Å². The number of nitrogens with one attached hydrogen (secondary N) is 2. The first-order chi connectivity index (χ1) is 16.9. The Balaban J connectivity index is 1.62. The summed E-state index contributed by atoms with van der Waals surface area (Å²) in [5.74, 6) is -1.30. The van der Waals surface area contributed by atoms with Gasteiger partial charge in [0, 0.05) is 36.4 Å². The molecule has 0 aromatic heterocycles. The molecule has 1 saturated heterocycles. The van der Waals surface area contributed by atoms with Gasteiger partial charge in [-0.1, -0.05) is 41.9 Å². The molecule has 0 aliphatic carbocycles. The van der Waals surface area contributed by atoms with E-state index in [1.807, 2.05) is 30.3 Å². The van der Waals surface area contributed by atoms with Gasteiger partial charge < -0.3 is 15.1 Å². The van der Waals surface area contributed by atoms with Crippen LogP contribution in [-0.2, 0) is 0 Å². The zero-order valence-electron chi connectivity index (χ0n) is 18.5. The molecule has 7 nitrogen and oxygen atoms in total. The highest BCUT2D eigenvalue weighted by Crippen LogP contribution is 2.28. The van der Waals surface area contributed by atoms with Crippen molar-refractivity contribution in [3.8, 4) is 6.19 Å². The minimum Gasteiger partial charge on any atom is -0.338 e. The highest BCUT2D eigenvalue weighted by atomic mass is 35.5. The first-order valence-electron chi connectivity index (χ1n) is 10.8. The van der Waals surface area contributed by atoms with E-state index >= 15 is 0 Å². The summed E-state index contributed by atoms with van der Waals surface area (Å²) in [7, 11) is 0. The second-order valence-corrected chi connectivity index (χ2v) is 8.21. The quantitative estimate of drug-likeness (QED) is 0.225. The van der Waals surface area contributed by atoms with Gasteiger partial charge in [-0.25, -0.2) is 18.6 Å². The predicted molar refractivity (Wildman–Crippen MR) is 130 cm³/mol. The SMILES string of the molecule is N#CNC(=Nc1cc(F)ccc1F)N1CCN(C(=O)Nc2ccc(Cl)cc2)C(c2ccccc2)C1. The molecule has 35 heavy (non-hydrogen) atoms. The number of rotatable bonds is 3. The lowest BCUT2D eigenvalue weighted by atomic mass is 10.0.